The number of hydrogen-bond acceptors (Lipinski definition) is 4. The molecule has 0 fully saturated rings. The van der Waals surface area contributed by atoms with Crippen molar-refractivity contribution in [2.75, 3.05) is 20.2 Å². The Morgan fingerprint density at radius 2 is 1.81 bits per heavy atom. The molecule has 0 aliphatic rings. The molecule has 1 aromatic carbocycles. The summed E-state index contributed by atoms with van der Waals surface area (Å²) in [5, 5.41) is 5.33. The first-order valence-electron chi connectivity index (χ1n) is 6.71. The van der Waals surface area contributed by atoms with E-state index in [9.17, 15) is 14.4 Å². The third kappa shape index (κ3) is 6.56. The van der Waals surface area contributed by atoms with Gasteiger partial charge >= 0.3 is 0 Å². The van der Waals surface area contributed by atoms with Crippen LogP contribution in [-0.4, -0.2) is 37.8 Å². The SMILES string of the molecule is COc1cccc(C(=O)NCCNC(=O)CCC(C)=O)c1. The second-order valence-electron chi connectivity index (χ2n) is 4.54. The van der Waals surface area contributed by atoms with Crippen molar-refractivity contribution in [1.29, 1.82) is 0 Å². The zero-order valence-electron chi connectivity index (χ0n) is 12.3. The van der Waals surface area contributed by atoms with Crippen molar-refractivity contribution in [3.8, 4) is 5.75 Å². The molecular formula is C15H20N2O4. The molecule has 0 unspecified atom stereocenters. The first-order chi connectivity index (χ1) is 10.0. The highest BCUT2D eigenvalue weighted by Crippen LogP contribution is 2.12. The third-order valence-corrected chi connectivity index (χ3v) is 2.77. The molecule has 0 saturated carbocycles. The molecule has 114 valence electrons. The highest BCUT2D eigenvalue weighted by molar-refractivity contribution is 5.94. The molecule has 2 amide bonds. The van der Waals surface area contributed by atoms with E-state index in [0.29, 0.717) is 24.4 Å². The van der Waals surface area contributed by atoms with Crippen LogP contribution in [0.1, 0.15) is 30.1 Å². The molecule has 0 aliphatic carbocycles. The molecule has 0 atom stereocenters. The molecule has 0 radical (unpaired) electrons. The number of rotatable bonds is 8. The van der Waals surface area contributed by atoms with Crippen molar-refractivity contribution in [2.24, 2.45) is 0 Å². The lowest BCUT2D eigenvalue weighted by atomic mass is 10.2. The molecule has 0 bridgehead atoms. The van der Waals surface area contributed by atoms with Gasteiger partial charge in [0.1, 0.15) is 11.5 Å². The maximum absolute atomic E-state index is 11.8. The summed E-state index contributed by atoms with van der Waals surface area (Å²) in [7, 11) is 1.54. The van der Waals surface area contributed by atoms with E-state index in [1.807, 2.05) is 0 Å². The molecule has 0 heterocycles. The predicted octanol–water partition coefficient (Wildman–Crippen LogP) is 0.910. The zero-order chi connectivity index (χ0) is 15.7. The van der Waals surface area contributed by atoms with Gasteiger partial charge in [-0.25, -0.2) is 0 Å². The number of ether oxygens (including phenoxy) is 1. The third-order valence-electron chi connectivity index (χ3n) is 2.77. The largest absolute Gasteiger partial charge is 0.497 e. The van der Waals surface area contributed by atoms with Gasteiger partial charge in [-0.15, -0.1) is 0 Å². The van der Waals surface area contributed by atoms with Gasteiger partial charge in [0.2, 0.25) is 5.91 Å². The Morgan fingerprint density at radius 3 is 2.48 bits per heavy atom. The van der Waals surface area contributed by atoms with Gasteiger partial charge in [-0.05, 0) is 25.1 Å². The molecule has 2 N–H and O–H groups in total. The van der Waals surface area contributed by atoms with Crippen molar-refractivity contribution in [1.82, 2.24) is 10.6 Å². The average molecular weight is 292 g/mol. The number of methoxy groups -OCH3 is 1. The van der Waals surface area contributed by atoms with Crippen LogP contribution in [0, 0.1) is 0 Å². The highest BCUT2D eigenvalue weighted by atomic mass is 16.5. The standard InChI is InChI=1S/C15H20N2O4/c1-11(18)6-7-14(19)16-8-9-17-15(20)12-4-3-5-13(10-12)21-2/h3-5,10H,6-9H2,1-2H3,(H,16,19)(H,17,20). The first kappa shape index (κ1) is 16.7. The second kappa shape index (κ2) is 8.73. The Bertz CT molecular complexity index is 514. The van der Waals surface area contributed by atoms with Gasteiger partial charge in [0.25, 0.3) is 5.91 Å². The van der Waals surface area contributed by atoms with E-state index >= 15 is 0 Å². The smallest absolute Gasteiger partial charge is 0.251 e. The van der Waals surface area contributed by atoms with Crippen molar-refractivity contribution in [2.45, 2.75) is 19.8 Å². The van der Waals surface area contributed by atoms with Crippen molar-refractivity contribution < 1.29 is 19.1 Å². The summed E-state index contributed by atoms with van der Waals surface area (Å²) in [6.07, 6.45) is 0.418. The summed E-state index contributed by atoms with van der Waals surface area (Å²) in [6, 6.07) is 6.81. The minimum Gasteiger partial charge on any atom is -0.497 e. The molecule has 0 aromatic heterocycles. The zero-order valence-corrected chi connectivity index (χ0v) is 12.3. The summed E-state index contributed by atoms with van der Waals surface area (Å²) >= 11 is 0. The van der Waals surface area contributed by atoms with Crippen molar-refractivity contribution in [3.05, 3.63) is 29.8 Å². The topological polar surface area (TPSA) is 84.5 Å². The van der Waals surface area contributed by atoms with Crippen LogP contribution >= 0.6 is 0 Å². The van der Waals surface area contributed by atoms with Crippen LogP contribution in [0.5, 0.6) is 5.75 Å². The molecule has 6 heteroatoms. The van der Waals surface area contributed by atoms with Gasteiger partial charge in [-0.2, -0.15) is 0 Å². The summed E-state index contributed by atoms with van der Waals surface area (Å²) in [5.41, 5.74) is 0.497. The number of amides is 2. The van der Waals surface area contributed by atoms with Gasteiger partial charge in [-0.3, -0.25) is 9.59 Å². The number of ketones is 1. The Balaban J connectivity index is 2.27. The molecule has 6 nitrogen and oxygen atoms in total. The highest BCUT2D eigenvalue weighted by Gasteiger charge is 2.06. The van der Waals surface area contributed by atoms with Crippen molar-refractivity contribution in [3.63, 3.8) is 0 Å². The Kier molecular flexibility index (Phi) is 6.94. The second-order valence-corrected chi connectivity index (χ2v) is 4.54. The summed E-state index contributed by atoms with van der Waals surface area (Å²) < 4.78 is 5.04. The van der Waals surface area contributed by atoms with E-state index in [0.717, 1.165) is 0 Å². The molecule has 0 spiro atoms. The van der Waals surface area contributed by atoms with Crippen LogP contribution in [0.15, 0.2) is 24.3 Å². The fourth-order valence-electron chi connectivity index (χ4n) is 1.62. The lowest BCUT2D eigenvalue weighted by Crippen LogP contribution is -2.34. The number of benzene rings is 1. The maximum Gasteiger partial charge on any atom is 0.251 e. The molecule has 0 saturated heterocycles. The van der Waals surface area contributed by atoms with E-state index in [2.05, 4.69) is 10.6 Å². The van der Waals surface area contributed by atoms with Gasteiger partial charge in [-0.1, -0.05) is 6.07 Å². The van der Waals surface area contributed by atoms with E-state index in [4.69, 9.17) is 4.74 Å². The monoisotopic (exact) mass is 292 g/mol. The minimum atomic E-state index is -0.230. The Hall–Kier alpha value is -2.37. The summed E-state index contributed by atoms with van der Waals surface area (Å²) in [4.78, 5) is 33.9. The fraction of sp³-hybridized carbons (Fsp3) is 0.400. The van der Waals surface area contributed by atoms with Crippen LogP contribution in [-0.2, 0) is 9.59 Å². The van der Waals surface area contributed by atoms with Crippen LogP contribution in [0.3, 0.4) is 0 Å². The lowest BCUT2D eigenvalue weighted by Gasteiger charge is -2.07. The van der Waals surface area contributed by atoms with Crippen LogP contribution in [0.2, 0.25) is 0 Å². The normalized spacial score (nSPS) is 9.81. The molecule has 1 aromatic rings. The van der Waals surface area contributed by atoms with Crippen LogP contribution in [0.4, 0.5) is 0 Å². The van der Waals surface area contributed by atoms with Gasteiger partial charge in [0.15, 0.2) is 0 Å². The molecule has 0 aliphatic heterocycles. The van der Waals surface area contributed by atoms with Gasteiger partial charge in [0, 0.05) is 31.5 Å². The predicted molar refractivity (Wildman–Crippen MR) is 78.3 cm³/mol. The molecular weight excluding hydrogens is 272 g/mol. The first-order valence-corrected chi connectivity index (χ1v) is 6.71. The Labute approximate surface area is 123 Å². The summed E-state index contributed by atoms with van der Waals surface area (Å²) in [6.45, 7) is 2.09. The fourth-order valence-corrected chi connectivity index (χ4v) is 1.62. The van der Waals surface area contributed by atoms with Gasteiger partial charge < -0.3 is 20.2 Å². The summed E-state index contributed by atoms with van der Waals surface area (Å²) in [5.74, 6) is 0.171. The van der Waals surface area contributed by atoms with Crippen LogP contribution < -0.4 is 15.4 Å². The number of nitrogens with one attached hydrogen (secondary N) is 2. The van der Waals surface area contributed by atoms with Crippen molar-refractivity contribution >= 4 is 17.6 Å². The lowest BCUT2D eigenvalue weighted by molar-refractivity contribution is -0.124. The number of carbonyl (C=O) groups is 3. The van der Waals surface area contributed by atoms with E-state index in [-0.39, 0.29) is 30.4 Å². The Morgan fingerprint density at radius 1 is 1.10 bits per heavy atom. The van der Waals surface area contributed by atoms with E-state index in [1.54, 1.807) is 24.3 Å². The van der Waals surface area contributed by atoms with Gasteiger partial charge in [0.05, 0.1) is 7.11 Å². The van der Waals surface area contributed by atoms with E-state index in [1.165, 1.54) is 14.0 Å². The molecule has 1 rings (SSSR count). The maximum atomic E-state index is 11.8. The van der Waals surface area contributed by atoms with E-state index < -0.39 is 0 Å². The number of Topliss-reactive ketones (excluding diaryl/α,β-unsaturated/α-hetero) is 1. The minimum absolute atomic E-state index is 0.0172. The molecule has 21 heavy (non-hydrogen) atoms. The van der Waals surface area contributed by atoms with Crippen LogP contribution in [0.25, 0.3) is 0 Å². The average Bonchev–Trinajstić information content (AvgIpc) is 2.49. The quantitative estimate of drug-likeness (QED) is 0.698. The number of hydrogen-bond donors (Lipinski definition) is 2. The number of carbonyl (C=O) groups excluding carboxylic acids is 3.